The number of benzene rings is 1. The van der Waals surface area contributed by atoms with Gasteiger partial charge >= 0.3 is 0 Å². The summed E-state index contributed by atoms with van der Waals surface area (Å²) < 4.78 is 12.9. The summed E-state index contributed by atoms with van der Waals surface area (Å²) in [4.78, 5) is 9.04. The fraction of sp³-hybridized carbons (Fsp3) is 0.444. The maximum absolute atomic E-state index is 12.9. The molecule has 0 aliphatic heterocycles. The molecule has 5 heteroatoms. The lowest BCUT2D eigenvalue weighted by atomic mass is 9.96. The molecule has 1 aromatic carbocycles. The fourth-order valence-corrected chi connectivity index (χ4v) is 2.95. The third kappa shape index (κ3) is 4.65. The molecule has 1 heterocycles. The van der Waals surface area contributed by atoms with Crippen molar-refractivity contribution < 1.29 is 4.39 Å². The van der Waals surface area contributed by atoms with Gasteiger partial charge in [-0.05, 0) is 37.5 Å². The zero-order valence-electron chi connectivity index (χ0n) is 13.5. The summed E-state index contributed by atoms with van der Waals surface area (Å²) in [6.07, 6.45) is 6.26. The number of halogens is 1. The standard InChI is InChI=1S/C18H23FN4/c1-13-11-17(20-12-14-7-9-15(19)10-8-14)23-18(21-13)22-16-5-3-2-4-6-16/h7-11,16H,2-6,12H2,1H3,(H2,20,21,22,23). The number of hydrogen-bond donors (Lipinski definition) is 2. The Labute approximate surface area is 136 Å². The molecule has 1 saturated carbocycles. The van der Waals surface area contributed by atoms with Crippen molar-refractivity contribution in [1.82, 2.24) is 9.97 Å². The normalized spacial score (nSPS) is 15.4. The van der Waals surface area contributed by atoms with E-state index in [9.17, 15) is 4.39 Å². The summed E-state index contributed by atoms with van der Waals surface area (Å²) in [5.41, 5.74) is 1.95. The SMILES string of the molecule is Cc1cc(NCc2ccc(F)cc2)nc(NC2CCCCC2)n1. The first-order valence-electron chi connectivity index (χ1n) is 8.29. The van der Waals surface area contributed by atoms with E-state index in [-0.39, 0.29) is 5.82 Å². The van der Waals surface area contributed by atoms with Gasteiger partial charge in [0, 0.05) is 24.3 Å². The number of hydrogen-bond acceptors (Lipinski definition) is 4. The van der Waals surface area contributed by atoms with Crippen LogP contribution in [0.5, 0.6) is 0 Å². The van der Waals surface area contributed by atoms with Crippen LogP contribution in [-0.4, -0.2) is 16.0 Å². The Hall–Kier alpha value is -2.17. The molecule has 0 saturated heterocycles. The van der Waals surface area contributed by atoms with Crippen molar-refractivity contribution in [2.24, 2.45) is 0 Å². The lowest BCUT2D eigenvalue weighted by Crippen LogP contribution is -2.23. The average Bonchev–Trinajstić information content (AvgIpc) is 2.55. The molecule has 0 amide bonds. The van der Waals surface area contributed by atoms with E-state index in [2.05, 4.69) is 20.6 Å². The van der Waals surface area contributed by atoms with Gasteiger partial charge in [0.05, 0.1) is 0 Å². The van der Waals surface area contributed by atoms with Crippen molar-refractivity contribution in [1.29, 1.82) is 0 Å². The van der Waals surface area contributed by atoms with E-state index in [1.165, 1.54) is 44.2 Å². The molecule has 4 nitrogen and oxygen atoms in total. The highest BCUT2D eigenvalue weighted by Crippen LogP contribution is 2.21. The molecule has 2 aromatic rings. The highest BCUT2D eigenvalue weighted by Gasteiger charge is 2.14. The first-order chi connectivity index (χ1) is 11.2. The molecule has 122 valence electrons. The molecule has 1 aliphatic carbocycles. The Morgan fingerprint density at radius 1 is 1.09 bits per heavy atom. The van der Waals surface area contributed by atoms with E-state index < -0.39 is 0 Å². The van der Waals surface area contributed by atoms with Gasteiger partial charge in [0.15, 0.2) is 0 Å². The van der Waals surface area contributed by atoms with Gasteiger partial charge in [-0.15, -0.1) is 0 Å². The van der Waals surface area contributed by atoms with Gasteiger partial charge in [0.25, 0.3) is 0 Å². The topological polar surface area (TPSA) is 49.8 Å². The van der Waals surface area contributed by atoms with Crippen molar-refractivity contribution in [3.63, 3.8) is 0 Å². The number of anilines is 2. The van der Waals surface area contributed by atoms with Gasteiger partial charge in [0.2, 0.25) is 5.95 Å². The van der Waals surface area contributed by atoms with Crippen molar-refractivity contribution in [2.45, 2.75) is 51.6 Å². The third-order valence-electron chi connectivity index (χ3n) is 4.18. The van der Waals surface area contributed by atoms with Crippen LogP contribution < -0.4 is 10.6 Å². The van der Waals surface area contributed by atoms with Crippen LogP contribution in [0.2, 0.25) is 0 Å². The number of aryl methyl sites for hydroxylation is 1. The minimum atomic E-state index is -0.217. The van der Waals surface area contributed by atoms with Gasteiger partial charge in [-0.2, -0.15) is 4.98 Å². The highest BCUT2D eigenvalue weighted by molar-refractivity contribution is 5.43. The van der Waals surface area contributed by atoms with Crippen molar-refractivity contribution in [3.8, 4) is 0 Å². The van der Waals surface area contributed by atoms with E-state index in [0.717, 1.165) is 17.1 Å². The maximum Gasteiger partial charge on any atom is 0.225 e. The molecule has 1 aliphatic rings. The summed E-state index contributed by atoms with van der Waals surface area (Å²) in [6.45, 7) is 2.58. The highest BCUT2D eigenvalue weighted by atomic mass is 19.1. The molecule has 0 unspecified atom stereocenters. The predicted molar refractivity (Wildman–Crippen MR) is 91.0 cm³/mol. The second-order valence-electron chi connectivity index (χ2n) is 6.18. The summed E-state index contributed by atoms with van der Waals surface area (Å²) in [7, 11) is 0. The largest absolute Gasteiger partial charge is 0.366 e. The number of nitrogens with one attached hydrogen (secondary N) is 2. The van der Waals surface area contributed by atoms with Crippen LogP contribution >= 0.6 is 0 Å². The maximum atomic E-state index is 12.9. The summed E-state index contributed by atoms with van der Waals surface area (Å²) in [5.74, 6) is 1.27. The summed E-state index contributed by atoms with van der Waals surface area (Å²) >= 11 is 0. The molecule has 0 spiro atoms. The zero-order valence-corrected chi connectivity index (χ0v) is 13.5. The molecular formula is C18H23FN4. The molecule has 1 aromatic heterocycles. The van der Waals surface area contributed by atoms with Gasteiger partial charge in [-0.1, -0.05) is 31.4 Å². The minimum Gasteiger partial charge on any atom is -0.366 e. The molecule has 23 heavy (non-hydrogen) atoms. The van der Waals surface area contributed by atoms with Crippen molar-refractivity contribution in [3.05, 3.63) is 47.4 Å². The van der Waals surface area contributed by atoms with Gasteiger partial charge in [-0.3, -0.25) is 0 Å². The van der Waals surface area contributed by atoms with E-state index in [0.29, 0.717) is 18.5 Å². The van der Waals surface area contributed by atoms with Gasteiger partial charge in [0.1, 0.15) is 11.6 Å². The Kier molecular flexibility index (Phi) is 5.05. The lowest BCUT2D eigenvalue weighted by Gasteiger charge is -2.23. The van der Waals surface area contributed by atoms with Crippen LogP contribution in [0.1, 0.15) is 43.4 Å². The molecule has 0 radical (unpaired) electrons. The molecule has 3 rings (SSSR count). The molecule has 2 N–H and O–H groups in total. The van der Waals surface area contributed by atoms with Crippen LogP contribution in [0.3, 0.4) is 0 Å². The quantitative estimate of drug-likeness (QED) is 0.865. The lowest BCUT2D eigenvalue weighted by molar-refractivity contribution is 0.461. The second kappa shape index (κ2) is 7.40. The van der Waals surface area contributed by atoms with Crippen LogP contribution in [0.15, 0.2) is 30.3 Å². The number of rotatable bonds is 5. The Morgan fingerprint density at radius 3 is 2.57 bits per heavy atom. The van der Waals surface area contributed by atoms with E-state index >= 15 is 0 Å². The average molecular weight is 314 g/mol. The van der Waals surface area contributed by atoms with Crippen molar-refractivity contribution >= 4 is 11.8 Å². The first-order valence-corrected chi connectivity index (χ1v) is 8.29. The monoisotopic (exact) mass is 314 g/mol. The third-order valence-corrected chi connectivity index (χ3v) is 4.18. The molecule has 0 bridgehead atoms. The van der Waals surface area contributed by atoms with Crippen LogP contribution in [-0.2, 0) is 6.54 Å². The number of nitrogens with zero attached hydrogens (tertiary/aromatic N) is 2. The minimum absolute atomic E-state index is 0.217. The van der Waals surface area contributed by atoms with Crippen LogP contribution in [0.25, 0.3) is 0 Å². The smallest absolute Gasteiger partial charge is 0.225 e. The van der Waals surface area contributed by atoms with E-state index in [4.69, 9.17) is 0 Å². The van der Waals surface area contributed by atoms with Crippen LogP contribution in [0.4, 0.5) is 16.2 Å². The summed E-state index contributed by atoms with van der Waals surface area (Å²) in [6, 6.07) is 8.90. The van der Waals surface area contributed by atoms with Gasteiger partial charge in [-0.25, -0.2) is 9.37 Å². The van der Waals surface area contributed by atoms with Crippen molar-refractivity contribution in [2.75, 3.05) is 10.6 Å². The van der Waals surface area contributed by atoms with Crippen LogP contribution in [0, 0.1) is 12.7 Å². The second-order valence-corrected chi connectivity index (χ2v) is 6.18. The Bertz CT molecular complexity index is 636. The predicted octanol–water partition coefficient (Wildman–Crippen LogP) is 4.28. The van der Waals surface area contributed by atoms with E-state index in [1.54, 1.807) is 12.1 Å². The fourth-order valence-electron chi connectivity index (χ4n) is 2.95. The van der Waals surface area contributed by atoms with Gasteiger partial charge < -0.3 is 10.6 Å². The number of aromatic nitrogens is 2. The summed E-state index contributed by atoms with van der Waals surface area (Å²) in [5, 5.41) is 6.74. The molecular weight excluding hydrogens is 291 g/mol. The molecule has 1 fully saturated rings. The first kappa shape index (κ1) is 15.7. The van der Waals surface area contributed by atoms with E-state index in [1.807, 2.05) is 13.0 Å². The Morgan fingerprint density at radius 2 is 1.83 bits per heavy atom. The zero-order chi connectivity index (χ0) is 16.1. The molecule has 0 atom stereocenters. The Balaban J connectivity index is 1.63.